The third kappa shape index (κ3) is 3.21. The smallest absolute Gasteiger partial charge is 0.0461 e. The molecule has 1 saturated heterocycles. The van der Waals surface area contributed by atoms with Crippen LogP contribution in [0.3, 0.4) is 0 Å². The molecule has 2 N–H and O–H groups in total. The summed E-state index contributed by atoms with van der Waals surface area (Å²) in [6.45, 7) is 9.03. The van der Waals surface area contributed by atoms with Crippen molar-refractivity contribution in [2.75, 3.05) is 38.5 Å². The van der Waals surface area contributed by atoms with Gasteiger partial charge in [0.1, 0.15) is 0 Å². The van der Waals surface area contributed by atoms with Crippen LogP contribution in [-0.2, 0) is 6.54 Å². The van der Waals surface area contributed by atoms with Gasteiger partial charge in [0, 0.05) is 42.9 Å². The van der Waals surface area contributed by atoms with Gasteiger partial charge in [0.25, 0.3) is 0 Å². The highest BCUT2D eigenvalue weighted by Crippen LogP contribution is 2.25. The van der Waals surface area contributed by atoms with Crippen LogP contribution in [-0.4, -0.2) is 42.5 Å². The molecular weight excluding hydrogens is 278 g/mol. The highest BCUT2D eigenvalue weighted by Gasteiger charge is 2.16. The van der Waals surface area contributed by atoms with Gasteiger partial charge in [0.05, 0.1) is 0 Å². The van der Waals surface area contributed by atoms with Crippen LogP contribution in [0.2, 0.25) is 0 Å². The van der Waals surface area contributed by atoms with Gasteiger partial charge in [0.15, 0.2) is 0 Å². The van der Waals surface area contributed by atoms with E-state index in [0.717, 1.165) is 36.3 Å². The fraction of sp³-hybridized carbons (Fsp3) is 0.538. The van der Waals surface area contributed by atoms with Gasteiger partial charge in [-0.3, -0.25) is 4.90 Å². The summed E-state index contributed by atoms with van der Waals surface area (Å²) in [6.07, 6.45) is 0. The molecule has 0 unspecified atom stereocenters. The number of hydrogen-bond donors (Lipinski definition) is 1. The summed E-state index contributed by atoms with van der Waals surface area (Å²) in [7, 11) is 0. The summed E-state index contributed by atoms with van der Waals surface area (Å²) in [6, 6.07) is 6.10. The second-order valence-corrected chi connectivity index (χ2v) is 5.32. The number of anilines is 1. The molecule has 0 aliphatic carbocycles. The zero-order chi connectivity index (χ0) is 12.3. The second kappa shape index (κ2) is 5.85. The van der Waals surface area contributed by atoms with E-state index in [1.54, 1.807) is 0 Å². The van der Waals surface area contributed by atoms with Crippen molar-refractivity contribution in [3.05, 3.63) is 28.2 Å². The first-order valence-corrected chi connectivity index (χ1v) is 6.97. The van der Waals surface area contributed by atoms with Gasteiger partial charge in [-0.15, -0.1) is 0 Å². The lowest BCUT2D eigenvalue weighted by atomic mass is 10.1. The molecule has 1 aromatic carbocycles. The Morgan fingerprint density at radius 3 is 2.47 bits per heavy atom. The summed E-state index contributed by atoms with van der Waals surface area (Å²) >= 11 is 3.57. The molecule has 1 aromatic rings. The summed E-state index contributed by atoms with van der Waals surface area (Å²) < 4.78 is 1.05. The van der Waals surface area contributed by atoms with Crippen LogP contribution in [0.4, 0.5) is 5.69 Å². The van der Waals surface area contributed by atoms with Crippen molar-refractivity contribution in [3.63, 3.8) is 0 Å². The minimum Gasteiger partial charge on any atom is -0.398 e. The van der Waals surface area contributed by atoms with Crippen LogP contribution < -0.4 is 5.73 Å². The molecule has 17 heavy (non-hydrogen) atoms. The Balaban J connectivity index is 1.95. The second-order valence-electron chi connectivity index (χ2n) is 4.53. The average molecular weight is 298 g/mol. The van der Waals surface area contributed by atoms with Gasteiger partial charge in [-0.2, -0.15) is 0 Å². The Labute approximate surface area is 112 Å². The molecule has 0 radical (unpaired) electrons. The van der Waals surface area contributed by atoms with Crippen LogP contribution in [0.15, 0.2) is 22.7 Å². The lowest BCUT2D eigenvalue weighted by Crippen LogP contribution is -2.45. The van der Waals surface area contributed by atoms with Crippen LogP contribution >= 0.6 is 15.9 Å². The third-order valence-corrected chi connectivity index (χ3v) is 4.38. The number of piperazine rings is 1. The maximum Gasteiger partial charge on any atom is 0.0461 e. The van der Waals surface area contributed by atoms with E-state index in [1.165, 1.54) is 18.7 Å². The van der Waals surface area contributed by atoms with Crippen molar-refractivity contribution in [3.8, 4) is 0 Å². The lowest BCUT2D eigenvalue weighted by Gasteiger charge is -2.34. The predicted octanol–water partition coefficient (Wildman–Crippen LogP) is 2.17. The van der Waals surface area contributed by atoms with E-state index in [-0.39, 0.29) is 0 Å². The minimum atomic E-state index is 0.828. The number of hydrogen-bond acceptors (Lipinski definition) is 3. The van der Waals surface area contributed by atoms with E-state index in [0.29, 0.717) is 0 Å². The normalized spacial score (nSPS) is 18.5. The van der Waals surface area contributed by atoms with Gasteiger partial charge >= 0.3 is 0 Å². The number of nitrogens with zero attached hydrogens (tertiary/aromatic N) is 2. The maximum absolute atomic E-state index is 5.90. The molecule has 4 heteroatoms. The fourth-order valence-electron chi connectivity index (χ4n) is 2.23. The molecule has 1 aliphatic heterocycles. The highest BCUT2D eigenvalue weighted by molar-refractivity contribution is 9.10. The Morgan fingerprint density at radius 2 is 1.82 bits per heavy atom. The summed E-state index contributed by atoms with van der Waals surface area (Å²) in [5.41, 5.74) is 8.01. The van der Waals surface area contributed by atoms with Gasteiger partial charge in [0.2, 0.25) is 0 Å². The zero-order valence-corrected chi connectivity index (χ0v) is 11.9. The number of nitrogen functional groups attached to an aromatic ring is 1. The van der Waals surface area contributed by atoms with Crippen LogP contribution in [0.1, 0.15) is 12.5 Å². The average Bonchev–Trinajstić information content (AvgIpc) is 2.36. The Bertz CT molecular complexity index is 373. The van der Waals surface area contributed by atoms with Gasteiger partial charge in [-0.25, -0.2) is 0 Å². The number of benzene rings is 1. The van der Waals surface area contributed by atoms with Crippen LogP contribution in [0, 0.1) is 0 Å². The molecule has 0 atom stereocenters. The Kier molecular flexibility index (Phi) is 4.42. The molecule has 0 spiro atoms. The molecule has 94 valence electrons. The van der Waals surface area contributed by atoms with Crippen molar-refractivity contribution in [2.24, 2.45) is 0 Å². The zero-order valence-electron chi connectivity index (χ0n) is 10.3. The largest absolute Gasteiger partial charge is 0.398 e. The molecule has 1 heterocycles. The maximum atomic E-state index is 5.90. The van der Waals surface area contributed by atoms with E-state index in [9.17, 15) is 0 Å². The number of rotatable bonds is 3. The molecule has 3 nitrogen and oxygen atoms in total. The van der Waals surface area contributed by atoms with Crippen molar-refractivity contribution in [1.29, 1.82) is 0 Å². The molecule has 2 rings (SSSR count). The fourth-order valence-corrected chi connectivity index (χ4v) is 2.62. The number of likely N-dealkylation sites (N-methyl/N-ethyl adjacent to an activating group) is 1. The molecule has 1 fully saturated rings. The summed E-state index contributed by atoms with van der Waals surface area (Å²) in [5, 5.41) is 0. The van der Waals surface area contributed by atoms with Crippen molar-refractivity contribution in [2.45, 2.75) is 13.5 Å². The van der Waals surface area contributed by atoms with Gasteiger partial charge in [-0.1, -0.05) is 19.1 Å². The van der Waals surface area contributed by atoms with E-state index in [2.05, 4.69) is 38.7 Å². The predicted molar refractivity (Wildman–Crippen MR) is 75.9 cm³/mol. The van der Waals surface area contributed by atoms with Gasteiger partial charge in [-0.05, 0) is 34.1 Å². The first kappa shape index (κ1) is 12.9. The monoisotopic (exact) mass is 297 g/mol. The van der Waals surface area contributed by atoms with Crippen molar-refractivity contribution >= 4 is 21.6 Å². The molecule has 0 aromatic heterocycles. The molecular formula is C13H20BrN3. The van der Waals surface area contributed by atoms with E-state index in [4.69, 9.17) is 5.73 Å². The van der Waals surface area contributed by atoms with E-state index in [1.807, 2.05) is 12.1 Å². The molecule has 0 bridgehead atoms. The third-order valence-electron chi connectivity index (χ3n) is 3.41. The van der Waals surface area contributed by atoms with Crippen molar-refractivity contribution in [1.82, 2.24) is 9.80 Å². The Hall–Kier alpha value is -0.580. The molecule has 0 amide bonds. The van der Waals surface area contributed by atoms with Gasteiger partial charge < -0.3 is 10.6 Å². The number of halogens is 1. The highest BCUT2D eigenvalue weighted by atomic mass is 79.9. The van der Waals surface area contributed by atoms with Crippen LogP contribution in [0.5, 0.6) is 0 Å². The molecule has 1 aliphatic rings. The van der Waals surface area contributed by atoms with E-state index >= 15 is 0 Å². The van der Waals surface area contributed by atoms with Crippen molar-refractivity contribution < 1.29 is 0 Å². The lowest BCUT2D eigenvalue weighted by molar-refractivity contribution is 0.132. The van der Waals surface area contributed by atoms with Crippen LogP contribution in [0.25, 0.3) is 0 Å². The van der Waals surface area contributed by atoms with E-state index < -0.39 is 0 Å². The SMILES string of the molecule is CCN1CCN(Cc2cccc(N)c2Br)CC1. The summed E-state index contributed by atoms with van der Waals surface area (Å²) in [4.78, 5) is 4.98. The molecule has 0 saturated carbocycles. The quantitative estimate of drug-likeness (QED) is 0.868. The Morgan fingerprint density at radius 1 is 1.18 bits per heavy atom. The minimum absolute atomic E-state index is 0.828. The first-order chi connectivity index (χ1) is 8.20. The summed E-state index contributed by atoms with van der Waals surface area (Å²) in [5.74, 6) is 0. The standard InChI is InChI=1S/C13H20BrN3/c1-2-16-6-8-17(9-7-16)10-11-4-3-5-12(15)13(11)14/h3-5H,2,6-10,15H2,1H3. The topological polar surface area (TPSA) is 32.5 Å². The number of nitrogens with two attached hydrogens (primary N) is 1. The first-order valence-electron chi connectivity index (χ1n) is 6.18.